The number of benzene rings is 1. The van der Waals surface area contributed by atoms with Gasteiger partial charge in [0, 0.05) is 23.6 Å². The van der Waals surface area contributed by atoms with Crippen LogP contribution in [-0.4, -0.2) is 12.1 Å². The number of fused-ring (bicyclic) bond motifs is 1. The van der Waals surface area contributed by atoms with Gasteiger partial charge in [-0.25, -0.2) is 4.98 Å². The number of hydrogen-bond acceptors (Lipinski definition) is 4. The van der Waals surface area contributed by atoms with Gasteiger partial charge >= 0.3 is 0 Å². The largest absolute Gasteiger partial charge is 0.380 e. The first-order valence-electron chi connectivity index (χ1n) is 6.61. The molecule has 1 atom stereocenters. The number of thiazole rings is 1. The van der Waals surface area contributed by atoms with E-state index in [1.807, 2.05) is 0 Å². The quantitative estimate of drug-likeness (QED) is 0.934. The summed E-state index contributed by atoms with van der Waals surface area (Å²) in [5, 5.41) is 1.09. The molecule has 1 aromatic carbocycles. The van der Waals surface area contributed by atoms with Crippen molar-refractivity contribution in [2.75, 3.05) is 7.11 Å². The Morgan fingerprint density at radius 1 is 1.37 bits per heavy atom. The van der Waals surface area contributed by atoms with E-state index < -0.39 is 0 Å². The molecule has 1 aromatic heterocycles. The number of methoxy groups -OCH3 is 1. The first-order valence-corrected chi connectivity index (χ1v) is 7.43. The maximum Gasteiger partial charge on any atom is 0.123 e. The van der Waals surface area contributed by atoms with Crippen LogP contribution in [0, 0.1) is 0 Å². The molecule has 0 amide bonds. The fourth-order valence-electron chi connectivity index (χ4n) is 2.49. The molecule has 3 rings (SSSR count). The fourth-order valence-corrected chi connectivity index (χ4v) is 3.64. The van der Waals surface area contributed by atoms with Crippen LogP contribution in [0.1, 0.15) is 35.0 Å². The molecular weight excluding hydrogens is 256 g/mol. The van der Waals surface area contributed by atoms with Gasteiger partial charge in [-0.2, -0.15) is 0 Å². The first-order chi connectivity index (χ1) is 9.28. The van der Waals surface area contributed by atoms with Gasteiger partial charge in [-0.3, -0.25) is 0 Å². The summed E-state index contributed by atoms with van der Waals surface area (Å²) in [6.07, 6.45) is 3.31. The van der Waals surface area contributed by atoms with E-state index in [1.54, 1.807) is 18.4 Å². The maximum atomic E-state index is 6.16. The van der Waals surface area contributed by atoms with Crippen LogP contribution in [0.25, 0.3) is 10.6 Å². The highest BCUT2D eigenvalue weighted by atomic mass is 32.1. The lowest BCUT2D eigenvalue weighted by molar-refractivity contribution is 0.185. The van der Waals surface area contributed by atoms with Crippen molar-refractivity contribution in [2.45, 2.75) is 31.9 Å². The van der Waals surface area contributed by atoms with E-state index in [2.05, 4.69) is 24.3 Å². The van der Waals surface area contributed by atoms with Gasteiger partial charge in [0.1, 0.15) is 5.01 Å². The summed E-state index contributed by atoms with van der Waals surface area (Å²) in [7, 11) is 1.71. The van der Waals surface area contributed by atoms with Crippen LogP contribution in [0.2, 0.25) is 0 Å². The van der Waals surface area contributed by atoms with E-state index in [-0.39, 0.29) is 6.04 Å². The van der Waals surface area contributed by atoms with Crippen molar-refractivity contribution in [3.05, 3.63) is 40.4 Å². The number of nitrogens with zero attached hydrogens (tertiary/aromatic N) is 1. The van der Waals surface area contributed by atoms with Crippen molar-refractivity contribution < 1.29 is 4.74 Å². The Bertz CT molecular complexity index is 562. The van der Waals surface area contributed by atoms with Crippen LogP contribution in [-0.2, 0) is 17.8 Å². The van der Waals surface area contributed by atoms with Crippen molar-refractivity contribution in [3.8, 4) is 10.6 Å². The number of aromatic nitrogens is 1. The number of aryl methyl sites for hydroxylation is 1. The third kappa shape index (κ3) is 2.56. The summed E-state index contributed by atoms with van der Waals surface area (Å²) in [5.41, 5.74) is 9.72. The SMILES string of the molecule is COCc1ccc(-c2nc3c(s2)C(N)CCC3)cc1. The van der Waals surface area contributed by atoms with E-state index >= 15 is 0 Å². The molecule has 2 aromatic rings. The minimum absolute atomic E-state index is 0.183. The normalized spacial score (nSPS) is 18.3. The molecule has 0 spiro atoms. The van der Waals surface area contributed by atoms with Gasteiger partial charge in [0.05, 0.1) is 12.3 Å². The zero-order valence-electron chi connectivity index (χ0n) is 11.1. The topological polar surface area (TPSA) is 48.1 Å². The highest BCUT2D eigenvalue weighted by Crippen LogP contribution is 2.36. The second kappa shape index (κ2) is 5.41. The fraction of sp³-hybridized carbons (Fsp3) is 0.400. The molecule has 19 heavy (non-hydrogen) atoms. The minimum atomic E-state index is 0.183. The van der Waals surface area contributed by atoms with Crippen molar-refractivity contribution in [1.29, 1.82) is 0 Å². The first kappa shape index (κ1) is 12.8. The van der Waals surface area contributed by atoms with Gasteiger partial charge in [-0.15, -0.1) is 11.3 Å². The van der Waals surface area contributed by atoms with Crippen LogP contribution in [0.4, 0.5) is 0 Å². The zero-order valence-corrected chi connectivity index (χ0v) is 11.9. The van der Waals surface area contributed by atoms with E-state index in [0.717, 1.165) is 24.3 Å². The summed E-state index contributed by atoms with van der Waals surface area (Å²) in [6.45, 7) is 0.652. The van der Waals surface area contributed by atoms with Gasteiger partial charge in [0.15, 0.2) is 0 Å². The molecule has 1 unspecified atom stereocenters. The molecule has 1 heterocycles. The average molecular weight is 274 g/mol. The Morgan fingerprint density at radius 2 is 2.16 bits per heavy atom. The molecule has 0 aliphatic heterocycles. The molecule has 3 nitrogen and oxygen atoms in total. The molecule has 0 bridgehead atoms. The lowest BCUT2D eigenvalue weighted by Crippen LogP contribution is -2.15. The van der Waals surface area contributed by atoms with Crippen LogP contribution in [0.5, 0.6) is 0 Å². The van der Waals surface area contributed by atoms with E-state index in [9.17, 15) is 0 Å². The average Bonchev–Trinajstić information content (AvgIpc) is 2.85. The molecule has 0 radical (unpaired) electrons. The number of rotatable bonds is 3. The number of hydrogen-bond donors (Lipinski definition) is 1. The summed E-state index contributed by atoms with van der Waals surface area (Å²) >= 11 is 1.75. The maximum absolute atomic E-state index is 6.16. The highest BCUT2D eigenvalue weighted by molar-refractivity contribution is 7.15. The Labute approximate surface area is 117 Å². The molecule has 0 saturated carbocycles. The Kier molecular flexibility index (Phi) is 3.64. The van der Waals surface area contributed by atoms with Gasteiger partial charge in [-0.1, -0.05) is 24.3 Å². The van der Waals surface area contributed by atoms with Crippen LogP contribution >= 0.6 is 11.3 Å². The third-order valence-electron chi connectivity index (χ3n) is 3.50. The molecule has 1 aliphatic carbocycles. The zero-order chi connectivity index (χ0) is 13.2. The minimum Gasteiger partial charge on any atom is -0.380 e. The molecule has 4 heteroatoms. The number of nitrogens with two attached hydrogens (primary N) is 1. The highest BCUT2D eigenvalue weighted by Gasteiger charge is 2.21. The van der Waals surface area contributed by atoms with Crippen molar-refractivity contribution in [3.63, 3.8) is 0 Å². The predicted octanol–water partition coefficient (Wildman–Crippen LogP) is 3.29. The lowest BCUT2D eigenvalue weighted by atomic mass is 9.99. The predicted molar refractivity (Wildman–Crippen MR) is 78.1 cm³/mol. The third-order valence-corrected chi connectivity index (χ3v) is 4.78. The second-order valence-corrected chi connectivity index (χ2v) is 5.99. The molecular formula is C15H18N2OS. The van der Waals surface area contributed by atoms with Crippen molar-refractivity contribution >= 4 is 11.3 Å². The summed E-state index contributed by atoms with van der Waals surface area (Å²) < 4.78 is 5.12. The van der Waals surface area contributed by atoms with Crippen molar-refractivity contribution in [1.82, 2.24) is 4.98 Å². The molecule has 1 aliphatic rings. The second-order valence-electron chi connectivity index (χ2n) is 4.96. The van der Waals surface area contributed by atoms with Crippen LogP contribution < -0.4 is 5.73 Å². The Morgan fingerprint density at radius 3 is 2.84 bits per heavy atom. The summed E-state index contributed by atoms with van der Waals surface area (Å²) in [5.74, 6) is 0. The van der Waals surface area contributed by atoms with Gasteiger partial charge in [0.2, 0.25) is 0 Å². The van der Waals surface area contributed by atoms with E-state index in [4.69, 9.17) is 15.5 Å². The van der Waals surface area contributed by atoms with Gasteiger partial charge < -0.3 is 10.5 Å². The Hall–Kier alpha value is -1.23. The van der Waals surface area contributed by atoms with Crippen LogP contribution in [0.15, 0.2) is 24.3 Å². The van der Waals surface area contributed by atoms with Gasteiger partial charge in [0.25, 0.3) is 0 Å². The molecule has 2 N–H and O–H groups in total. The van der Waals surface area contributed by atoms with E-state index in [1.165, 1.54) is 21.7 Å². The Balaban J connectivity index is 1.89. The summed E-state index contributed by atoms with van der Waals surface area (Å²) in [4.78, 5) is 6.03. The standard InChI is InChI=1S/C15H18N2OS/c1-18-9-10-5-7-11(8-6-10)15-17-13-4-2-3-12(16)14(13)19-15/h5-8,12H,2-4,9,16H2,1H3. The molecule has 0 fully saturated rings. The molecule has 0 saturated heterocycles. The smallest absolute Gasteiger partial charge is 0.123 e. The summed E-state index contributed by atoms with van der Waals surface area (Å²) in [6, 6.07) is 8.61. The van der Waals surface area contributed by atoms with Gasteiger partial charge in [-0.05, 0) is 24.8 Å². The van der Waals surface area contributed by atoms with Crippen molar-refractivity contribution in [2.24, 2.45) is 5.73 Å². The van der Waals surface area contributed by atoms with Crippen LogP contribution in [0.3, 0.4) is 0 Å². The number of ether oxygens (including phenoxy) is 1. The van der Waals surface area contributed by atoms with E-state index in [0.29, 0.717) is 6.61 Å². The lowest BCUT2D eigenvalue weighted by Gasteiger charge is -2.15. The molecule has 100 valence electrons. The monoisotopic (exact) mass is 274 g/mol.